The summed E-state index contributed by atoms with van der Waals surface area (Å²) in [7, 11) is 0. The van der Waals surface area contributed by atoms with Crippen molar-refractivity contribution in [1.29, 1.82) is 0 Å². The van der Waals surface area contributed by atoms with Gasteiger partial charge in [-0.2, -0.15) is 0 Å². The highest BCUT2D eigenvalue weighted by Gasteiger charge is 2.15. The summed E-state index contributed by atoms with van der Waals surface area (Å²) in [6.45, 7) is 4.91. The van der Waals surface area contributed by atoms with E-state index in [2.05, 4.69) is 38.1 Å². The van der Waals surface area contributed by atoms with Gasteiger partial charge in [-0.1, -0.05) is 40.5 Å². The molecule has 5 heteroatoms. The summed E-state index contributed by atoms with van der Waals surface area (Å²) in [5, 5.41) is 4.17. The Morgan fingerprint density at radius 1 is 1.30 bits per heavy atom. The SMILES string of the molecule is CCNC(Cc1ccc(Br)cc1Cl)c1ncc(C)cn1. The lowest BCUT2D eigenvalue weighted by Gasteiger charge is -2.17. The van der Waals surface area contributed by atoms with Crippen LogP contribution in [0.1, 0.15) is 29.9 Å². The molecule has 0 bridgehead atoms. The molecule has 1 atom stereocenters. The molecule has 1 aromatic heterocycles. The highest BCUT2D eigenvalue weighted by Crippen LogP contribution is 2.25. The van der Waals surface area contributed by atoms with Crippen LogP contribution in [0, 0.1) is 6.92 Å². The van der Waals surface area contributed by atoms with Gasteiger partial charge in [0.25, 0.3) is 0 Å². The number of hydrogen-bond donors (Lipinski definition) is 1. The molecule has 0 amide bonds. The van der Waals surface area contributed by atoms with Gasteiger partial charge in [0, 0.05) is 21.9 Å². The van der Waals surface area contributed by atoms with Crippen LogP contribution in [-0.2, 0) is 6.42 Å². The number of aryl methyl sites for hydroxylation is 1. The Morgan fingerprint density at radius 2 is 2.00 bits per heavy atom. The summed E-state index contributed by atoms with van der Waals surface area (Å²) < 4.78 is 0.984. The molecule has 1 heterocycles. The fourth-order valence-electron chi connectivity index (χ4n) is 1.99. The number of halogens is 2. The fraction of sp³-hybridized carbons (Fsp3) is 0.333. The standard InChI is InChI=1S/C15H17BrClN3/c1-3-18-14(15-19-8-10(2)9-20-15)6-11-4-5-12(16)7-13(11)17/h4-5,7-9,14,18H,3,6H2,1-2H3. The van der Waals surface area contributed by atoms with E-state index in [1.807, 2.05) is 37.5 Å². The molecule has 0 aliphatic carbocycles. The molecule has 1 aromatic carbocycles. The van der Waals surface area contributed by atoms with Gasteiger partial charge in [0.2, 0.25) is 0 Å². The highest BCUT2D eigenvalue weighted by atomic mass is 79.9. The lowest BCUT2D eigenvalue weighted by molar-refractivity contribution is 0.521. The maximum absolute atomic E-state index is 6.29. The van der Waals surface area contributed by atoms with Crippen molar-refractivity contribution in [3.8, 4) is 0 Å². The lowest BCUT2D eigenvalue weighted by atomic mass is 10.1. The van der Waals surface area contributed by atoms with Gasteiger partial charge in [-0.05, 0) is 43.1 Å². The quantitative estimate of drug-likeness (QED) is 0.878. The lowest BCUT2D eigenvalue weighted by Crippen LogP contribution is -2.25. The predicted molar refractivity (Wildman–Crippen MR) is 86.0 cm³/mol. The topological polar surface area (TPSA) is 37.8 Å². The van der Waals surface area contributed by atoms with Crippen LogP contribution in [0.4, 0.5) is 0 Å². The number of aromatic nitrogens is 2. The van der Waals surface area contributed by atoms with Crippen molar-refractivity contribution in [3.05, 3.63) is 57.0 Å². The smallest absolute Gasteiger partial charge is 0.145 e. The molecule has 0 aliphatic heterocycles. The summed E-state index contributed by atoms with van der Waals surface area (Å²) in [5.41, 5.74) is 2.15. The molecule has 2 aromatic rings. The van der Waals surface area contributed by atoms with E-state index in [9.17, 15) is 0 Å². The maximum atomic E-state index is 6.29. The second-order valence-corrected chi connectivity index (χ2v) is 5.99. The van der Waals surface area contributed by atoms with Crippen LogP contribution < -0.4 is 5.32 Å². The summed E-state index contributed by atoms with van der Waals surface area (Å²) in [6, 6.07) is 6.01. The average molecular weight is 355 g/mol. The van der Waals surface area contributed by atoms with E-state index in [0.717, 1.165) is 39.4 Å². The van der Waals surface area contributed by atoms with Crippen LogP contribution in [0.3, 0.4) is 0 Å². The largest absolute Gasteiger partial charge is 0.307 e. The van der Waals surface area contributed by atoms with Crippen molar-refractivity contribution in [2.45, 2.75) is 26.3 Å². The van der Waals surface area contributed by atoms with Crippen LogP contribution in [0.15, 0.2) is 35.1 Å². The zero-order chi connectivity index (χ0) is 14.5. The summed E-state index contributed by atoms with van der Waals surface area (Å²) in [4.78, 5) is 8.83. The summed E-state index contributed by atoms with van der Waals surface area (Å²) >= 11 is 9.71. The van der Waals surface area contributed by atoms with Crippen molar-refractivity contribution in [2.75, 3.05) is 6.54 Å². The van der Waals surface area contributed by atoms with Gasteiger partial charge in [-0.15, -0.1) is 0 Å². The third kappa shape index (κ3) is 4.01. The van der Waals surface area contributed by atoms with E-state index in [4.69, 9.17) is 11.6 Å². The number of nitrogens with zero attached hydrogens (tertiary/aromatic N) is 2. The second-order valence-electron chi connectivity index (χ2n) is 4.67. The minimum atomic E-state index is 0.0688. The van der Waals surface area contributed by atoms with E-state index < -0.39 is 0 Å². The normalized spacial score (nSPS) is 12.4. The van der Waals surface area contributed by atoms with Gasteiger partial charge in [0.1, 0.15) is 5.82 Å². The molecule has 20 heavy (non-hydrogen) atoms. The van der Waals surface area contributed by atoms with Crippen LogP contribution in [-0.4, -0.2) is 16.5 Å². The van der Waals surface area contributed by atoms with E-state index in [1.165, 1.54) is 0 Å². The van der Waals surface area contributed by atoms with Gasteiger partial charge >= 0.3 is 0 Å². The molecule has 0 aliphatic rings. The van der Waals surface area contributed by atoms with Gasteiger partial charge in [-0.3, -0.25) is 0 Å². The third-order valence-electron chi connectivity index (χ3n) is 3.00. The van der Waals surface area contributed by atoms with Crippen LogP contribution >= 0.6 is 27.5 Å². The first kappa shape index (κ1) is 15.4. The highest BCUT2D eigenvalue weighted by molar-refractivity contribution is 9.10. The average Bonchev–Trinajstić information content (AvgIpc) is 2.42. The van der Waals surface area contributed by atoms with E-state index in [1.54, 1.807) is 0 Å². The van der Waals surface area contributed by atoms with Crippen molar-refractivity contribution < 1.29 is 0 Å². The molecule has 106 valence electrons. The van der Waals surface area contributed by atoms with E-state index in [-0.39, 0.29) is 6.04 Å². The second kappa shape index (κ2) is 7.16. The van der Waals surface area contributed by atoms with Crippen LogP contribution in [0.2, 0.25) is 5.02 Å². The van der Waals surface area contributed by atoms with Crippen molar-refractivity contribution in [1.82, 2.24) is 15.3 Å². The van der Waals surface area contributed by atoms with Crippen molar-refractivity contribution in [2.24, 2.45) is 0 Å². The molecule has 0 spiro atoms. The fourth-order valence-corrected chi connectivity index (χ4v) is 2.74. The Morgan fingerprint density at radius 3 is 2.60 bits per heavy atom. The molecule has 1 unspecified atom stereocenters. The molecule has 0 saturated carbocycles. The predicted octanol–water partition coefficient (Wildman–Crippen LogP) is 4.09. The number of hydrogen-bond acceptors (Lipinski definition) is 3. The Hall–Kier alpha value is -0.970. The summed E-state index contributed by atoms with van der Waals surface area (Å²) in [6.07, 6.45) is 4.45. The minimum absolute atomic E-state index is 0.0688. The Kier molecular flexibility index (Phi) is 5.52. The number of likely N-dealkylation sites (N-methyl/N-ethyl adjacent to an activating group) is 1. The van der Waals surface area contributed by atoms with Gasteiger partial charge in [0.15, 0.2) is 0 Å². The van der Waals surface area contributed by atoms with Gasteiger partial charge < -0.3 is 5.32 Å². The first-order chi connectivity index (χ1) is 9.60. The number of rotatable bonds is 5. The molecular weight excluding hydrogens is 338 g/mol. The first-order valence-electron chi connectivity index (χ1n) is 6.56. The molecule has 0 saturated heterocycles. The Bertz CT molecular complexity index is 572. The van der Waals surface area contributed by atoms with Gasteiger partial charge in [0.05, 0.1) is 6.04 Å². The molecular formula is C15H17BrClN3. The maximum Gasteiger partial charge on any atom is 0.145 e. The molecule has 0 fully saturated rings. The van der Waals surface area contributed by atoms with Crippen molar-refractivity contribution >= 4 is 27.5 Å². The summed E-state index contributed by atoms with van der Waals surface area (Å²) in [5.74, 6) is 0.802. The molecule has 3 nitrogen and oxygen atoms in total. The minimum Gasteiger partial charge on any atom is -0.307 e. The number of nitrogens with one attached hydrogen (secondary N) is 1. The van der Waals surface area contributed by atoms with E-state index in [0.29, 0.717) is 0 Å². The molecule has 0 radical (unpaired) electrons. The van der Waals surface area contributed by atoms with Crippen molar-refractivity contribution in [3.63, 3.8) is 0 Å². The van der Waals surface area contributed by atoms with Gasteiger partial charge in [-0.25, -0.2) is 9.97 Å². The van der Waals surface area contributed by atoms with Crippen LogP contribution in [0.25, 0.3) is 0 Å². The van der Waals surface area contributed by atoms with Crippen LogP contribution in [0.5, 0.6) is 0 Å². The molecule has 1 N–H and O–H groups in total. The monoisotopic (exact) mass is 353 g/mol. The Labute approximate surface area is 132 Å². The Balaban J connectivity index is 2.22. The zero-order valence-electron chi connectivity index (χ0n) is 11.5. The van der Waals surface area contributed by atoms with E-state index >= 15 is 0 Å². The zero-order valence-corrected chi connectivity index (χ0v) is 13.9. The first-order valence-corrected chi connectivity index (χ1v) is 7.73. The molecule has 2 rings (SSSR count). The number of benzene rings is 1. The third-order valence-corrected chi connectivity index (χ3v) is 3.85.